The summed E-state index contributed by atoms with van der Waals surface area (Å²) in [7, 11) is 0. The minimum atomic E-state index is -1.31. The molecule has 1 aliphatic rings. The van der Waals surface area contributed by atoms with E-state index in [-0.39, 0.29) is 0 Å². The van der Waals surface area contributed by atoms with Crippen molar-refractivity contribution in [3.8, 4) is 0 Å². The Bertz CT molecular complexity index is 496. The molecule has 1 aromatic carbocycles. The lowest BCUT2D eigenvalue weighted by Crippen LogP contribution is -2.47. The van der Waals surface area contributed by atoms with Gasteiger partial charge in [0, 0.05) is 0 Å². The fraction of sp³-hybridized carbons (Fsp3) is 0.385. The van der Waals surface area contributed by atoms with E-state index in [1.807, 2.05) is 0 Å². The number of halogens is 1. The van der Waals surface area contributed by atoms with Gasteiger partial charge in [-0.3, -0.25) is 4.79 Å². The van der Waals surface area contributed by atoms with Crippen LogP contribution in [0.2, 0.25) is 0 Å². The Kier molecular flexibility index (Phi) is 3.53. The first-order valence-electron chi connectivity index (χ1n) is 5.90. The summed E-state index contributed by atoms with van der Waals surface area (Å²) in [5, 5.41) is 20.0. The normalized spacial score (nSPS) is 17.6. The molecular weight excluding hydrogens is 253 g/mol. The molecule has 102 valence electrons. The maximum absolute atomic E-state index is 12.9. The molecule has 2 rings (SSSR count). The van der Waals surface area contributed by atoms with E-state index in [0.717, 1.165) is 0 Å². The molecule has 1 atom stereocenters. The van der Waals surface area contributed by atoms with Gasteiger partial charge in [0.05, 0.1) is 12.0 Å². The van der Waals surface area contributed by atoms with Crippen LogP contribution in [0.4, 0.5) is 4.39 Å². The second kappa shape index (κ2) is 4.97. The fourth-order valence-electron chi connectivity index (χ4n) is 2.02. The molecule has 0 saturated heterocycles. The van der Waals surface area contributed by atoms with Crippen LogP contribution in [0.3, 0.4) is 0 Å². The largest absolute Gasteiger partial charge is 0.480 e. The number of hydrogen-bond donors (Lipinski definition) is 3. The van der Waals surface area contributed by atoms with Gasteiger partial charge < -0.3 is 15.5 Å². The van der Waals surface area contributed by atoms with Crippen molar-refractivity contribution in [3.05, 3.63) is 35.6 Å². The first kappa shape index (κ1) is 13.5. The number of rotatable bonds is 5. The number of aliphatic hydroxyl groups excluding tert-OH is 1. The lowest BCUT2D eigenvalue weighted by molar-refractivity contribution is -0.143. The first-order valence-corrected chi connectivity index (χ1v) is 5.90. The minimum absolute atomic E-state index is 0.390. The van der Waals surface area contributed by atoms with Gasteiger partial charge in [-0.2, -0.15) is 0 Å². The highest BCUT2D eigenvalue weighted by molar-refractivity contribution is 5.94. The number of amides is 1. The Morgan fingerprint density at radius 1 is 1.32 bits per heavy atom. The molecule has 0 spiro atoms. The minimum Gasteiger partial charge on any atom is -0.480 e. The number of carbonyl (C=O) groups is 2. The summed E-state index contributed by atoms with van der Waals surface area (Å²) in [6.45, 7) is -0.666. The van der Waals surface area contributed by atoms with Gasteiger partial charge in [0.15, 0.2) is 0 Å². The summed E-state index contributed by atoms with van der Waals surface area (Å²) < 4.78 is 12.9. The average Bonchev–Trinajstić information content (AvgIpc) is 3.17. The van der Waals surface area contributed by atoms with E-state index in [2.05, 4.69) is 5.32 Å². The maximum atomic E-state index is 12.9. The van der Waals surface area contributed by atoms with Crippen molar-refractivity contribution < 1.29 is 24.2 Å². The molecule has 0 aliphatic heterocycles. The summed E-state index contributed by atoms with van der Waals surface area (Å²) in [6.07, 6.45) is 1.17. The summed E-state index contributed by atoms with van der Waals surface area (Å²) >= 11 is 0. The molecule has 0 aromatic heterocycles. The standard InChI is InChI=1S/C13H14FNO4/c14-9-3-1-8(2-4-9)13(5-6-13)12(19)15-10(7-16)11(17)18/h1-4,10,16H,5-7H2,(H,15,19)(H,17,18)/t10-/m0/s1. The summed E-state index contributed by atoms with van der Waals surface area (Å²) in [5.74, 6) is -2.12. The number of carbonyl (C=O) groups excluding carboxylic acids is 1. The molecule has 1 amide bonds. The number of hydrogen-bond acceptors (Lipinski definition) is 3. The SMILES string of the molecule is O=C(O)[C@H](CO)NC(=O)C1(c2ccc(F)cc2)CC1. The zero-order chi connectivity index (χ0) is 14.0. The Hall–Kier alpha value is -1.95. The quantitative estimate of drug-likeness (QED) is 0.721. The number of carboxylic acids is 1. The van der Waals surface area contributed by atoms with E-state index in [9.17, 15) is 14.0 Å². The maximum Gasteiger partial charge on any atom is 0.328 e. The molecule has 19 heavy (non-hydrogen) atoms. The highest BCUT2D eigenvalue weighted by atomic mass is 19.1. The van der Waals surface area contributed by atoms with Gasteiger partial charge in [-0.15, -0.1) is 0 Å². The topological polar surface area (TPSA) is 86.6 Å². The second-order valence-corrected chi connectivity index (χ2v) is 4.64. The number of nitrogens with one attached hydrogen (secondary N) is 1. The van der Waals surface area contributed by atoms with Crippen LogP contribution in [0.1, 0.15) is 18.4 Å². The molecule has 1 aromatic rings. The van der Waals surface area contributed by atoms with Crippen LogP contribution >= 0.6 is 0 Å². The van der Waals surface area contributed by atoms with E-state index in [0.29, 0.717) is 18.4 Å². The van der Waals surface area contributed by atoms with Crippen molar-refractivity contribution in [2.45, 2.75) is 24.3 Å². The Morgan fingerprint density at radius 3 is 2.32 bits per heavy atom. The van der Waals surface area contributed by atoms with Crippen LogP contribution in [0, 0.1) is 5.82 Å². The van der Waals surface area contributed by atoms with Crippen molar-refractivity contribution >= 4 is 11.9 Å². The molecule has 0 heterocycles. The predicted octanol–water partition coefficient (Wildman–Crippen LogP) is 0.419. The van der Waals surface area contributed by atoms with Crippen molar-refractivity contribution in [2.75, 3.05) is 6.61 Å². The monoisotopic (exact) mass is 267 g/mol. The zero-order valence-electron chi connectivity index (χ0n) is 10.1. The number of aliphatic hydroxyl groups is 1. The van der Waals surface area contributed by atoms with E-state index in [4.69, 9.17) is 10.2 Å². The Labute approximate surface area is 109 Å². The molecule has 1 aliphatic carbocycles. The van der Waals surface area contributed by atoms with Gasteiger partial charge >= 0.3 is 5.97 Å². The molecule has 1 fully saturated rings. The van der Waals surface area contributed by atoms with E-state index < -0.39 is 35.8 Å². The summed E-state index contributed by atoms with van der Waals surface area (Å²) in [5.41, 5.74) is -0.121. The molecular formula is C13H14FNO4. The van der Waals surface area contributed by atoms with Gasteiger partial charge in [-0.1, -0.05) is 12.1 Å². The lowest BCUT2D eigenvalue weighted by atomic mass is 9.94. The second-order valence-electron chi connectivity index (χ2n) is 4.64. The third-order valence-corrected chi connectivity index (χ3v) is 3.37. The van der Waals surface area contributed by atoms with Crippen molar-refractivity contribution in [2.24, 2.45) is 0 Å². The molecule has 0 unspecified atom stereocenters. The summed E-state index contributed by atoms with van der Waals surface area (Å²) in [6, 6.07) is 4.27. The van der Waals surface area contributed by atoms with Gasteiger partial charge in [0.1, 0.15) is 11.9 Å². The van der Waals surface area contributed by atoms with Crippen molar-refractivity contribution in [3.63, 3.8) is 0 Å². The van der Waals surface area contributed by atoms with Crippen LogP contribution < -0.4 is 5.32 Å². The van der Waals surface area contributed by atoms with E-state index in [1.54, 1.807) is 0 Å². The predicted molar refractivity (Wildman–Crippen MR) is 64.0 cm³/mol. The van der Waals surface area contributed by atoms with Gasteiger partial charge in [0.25, 0.3) is 0 Å². The Balaban J connectivity index is 2.14. The van der Waals surface area contributed by atoms with Crippen LogP contribution in [0.25, 0.3) is 0 Å². The van der Waals surface area contributed by atoms with Crippen LogP contribution in [0.15, 0.2) is 24.3 Å². The van der Waals surface area contributed by atoms with Crippen LogP contribution in [0.5, 0.6) is 0 Å². The molecule has 0 bridgehead atoms. The van der Waals surface area contributed by atoms with E-state index in [1.165, 1.54) is 24.3 Å². The fourth-order valence-corrected chi connectivity index (χ4v) is 2.02. The summed E-state index contributed by atoms with van der Waals surface area (Å²) in [4.78, 5) is 22.9. The smallest absolute Gasteiger partial charge is 0.328 e. The molecule has 1 saturated carbocycles. The third-order valence-electron chi connectivity index (χ3n) is 3.37. The average molecular weight is 267 g/mol. The van der Waals surface area contributed by atoms with E-state index >= 15 is 0 Å². The Morgan fingerprint density at radius 2 is 1.89 bits per heavy atom. The molecule has 0 radical (unpaired) electrons. The van der Waals surface area contributed by atoms with Crippen LogP contribution in [-0.4, -0.2) is 34.7 Å². The zero-order valence-corrected chi connectivity index (χ0v) is 10.1. The molecule has 6 heteroatoms. The number of benzene rings is 1. The van der Waals surface area contributed by atoms with Crippen LogP contribution in [-0.2, 0) is 15.0 Å². The third kappa shape index (κ3) is 2.58. The number of carboxylic acid groups (broad SMARTS) is 1. The highest BCUT2D eigenvalue weighted by Crippen LogP contribution is 2.48. The van der Waals surface area contributed by atoms with Gasteiger partial charge in [-0.25, -0.2) is 9.18 Å². The van der Waals surface area contributed by atoms with Gasteiger partial charge in [-0.05, 0) is 30.5 Å². The number of aliphatic carboxylic acids is 1. The molecule has 3 N–H and O–H groups in total. The lowest BCUT2D eigenvalue weighted by Gasteiger charge is -2.18. The van der Waals surface area contributed by atoms with Crippen molar-refractivity contribution in [1.82, 2.24) is 5.32 Å². The van der Waals surface area contributed by atoms with Gasteiger partial charge in [0.2, 0.25) is 5.91 Å². The van der Waals surface area contributed by atoms with Crippen molar-refractivity contribution in [1.29, 1.82) is 0 Å². The first-order chi connectivity index (χ1) is 8.99. The highest BCUT2D eigenvalue weighted by Gasteiger charge is 2.51. The molecule has 5 nitrogen and oxygen atoms in total.